The van der Waals surface area contributed by atoms with Crippen molar-refractivity contribution >= 4 is 11.6 Å². The summed E-state index contributed by atoms with van der Waals surface area (Å²) in [7, 11) is 0. The second kappa shape index (κ2) is 2.59. The van der Waals surface area contributed by atoms with E-state index in [1.54, 1.807) is 0 Å². The number of hydrogen-bond donors (Lipinski definition) is 2. The van der Waals surface area contributed by atoms with Gasteiger partial charge in [0.1, 0.15) is 11.4 Å². The maximum absolute atomic E-state index is 11.5. The smallest absolute Gasteiger partial charge is 0.330 e. The Kier molecular flexibility index (Phi) is 1.46. The van der Waals surface area contributed by atoms with Gasteiger partial charge in [-0.25, -0.2) is 4.79 Å². The molecule has 0 radical (unpaired) electrons. The Bertz CT molecular complexity index is 565. The van der Waals surface area contributed by atoms with Gasteiger partial charge in [-0.2, -0.15) is 0 Å². The molecule has 0 spiro atoms. The molecule has 1 aliphatic heterocycles. The molecule has 0 saturated heterocycles. The van der Waals surface area contributed by atoms with Crippen molar-refractivity contribution < 1.29 is 4.79 Å². The molecule has 6 nitrogen and oxygen atoms in total. The lowest BCUT2D eigenvalue weighted by molar-refractivity contribution is 0.101. The summed E-state index contributed by atoms with van der Waals surface area (Å²) >= 11 is 0. The quantitative estimate of drug-likeness (QED) is 0.649. The third-order valence-corrected chi connectivity index (χ3v) is 2.75. The van der Waals surface area contributed by atoms with Crippen molar-refractivity contribution in [3.8, 4) is 0 Å². The van der Waals surface area contributed by atoms with E-state index in [0.717, 1.165) is 12.8 Å². The van der Waals surface area contributed by atoms with Crippen LogP contribution in [0.5, 0.6) is 0 Å². The van der Waals surface area contributed by atoms with E-state index in [0.29, 0.717) is 5.82 Å². The maximum atomic E-state index is 11.5. The van der Waals surface area contributed by atoms with Crippen LogP contribution in [0.3, 0.4) is 0 Å². The normalized spacial score (nSPS) is 18.8. The number of aromatic nitrogens is 2. The van der Waals surface area contributed by atoms with Gasteiger partial charge in [-0.05, 0) is 12.8 Å². The fourth-order valence-corrected chi connectivity index (χ4v) is 1.92. The molecular weight excluding hydrogens is 198 g/mol. The minimum atomic E-state index is -0.582. The minimum Gasteiger partial charge on any atom is -0.363 e. The predicted octanol–water partition coefficient (Wildman–Crippen LogP) is -0.520. The highest BCUT2D eigenvalue weighted by Crippen LogP contribution is 2.36. The third kappa shape index (κ3) is 1.07. The molecule has 3 rings (SSSR count). The predicted molar refractivity (Wildman–Crippen MR) is 52.4 cm³/mol. The van der Waals surface area contributed by atoms with Gasteiger partial charge in [-0.1, -0.05) is 0 Å². The first-order chi connectivity index (χ1) is 7.18. The highest BCUT2D eigenvalue weighted by atomic mass is 16.2. The summed E-state index contributed by atoms with van der Waals surface area (Å²) in [4.78, 5) is 36.5. The number of rotatable bonds is 1. The molecule has 0 atom stereocenters. The van der Waals surface area contributed by atoms with Gasteiger partial charge < -0.3 is 5.32 Å². The van der Waals surface area contributed by atoms with Crippen LogP contribution < -0.4 is 16.6 Å². The molecule has 0 bridgehead atoms. The zero-order valence-electron chi connectivity index (χ0n) is 7.87. The summed E-state index contributed by atoms with van der Waals surface area (Å²) in [6.07, 6.45) is 1.85. The Morgan fingerprint density at radius 2 is 1.93 bits per heavy atom. The number of aromatic amines is 1. The second-order valence-electron chi connectivity index (χ2n) is 3.86. The molecule has 0 aromatic carbocycles. The SMILES string of the molecule is O=C1CNc2c1c(=O)[nH]c(=O)n2C1CC1. The van der Waals surface area contributed by atoms with Crippen LogP contribution >= 0.6 is 0 Å². The molecular formula is C9H9N3O3. The lowest BCUT2D eigenvalue weighted by atomic mass is 10.2. The van der Waals surface area contributed by atoms with E-state index in [-0.39, 0.29) is 23.9 Å². The van der Waals surface area contributed by atoms with Crippen LogP contribution in [0.15, 0.2) is 9.59 Å². The minimum absolute atomic E-state index is 0.0986. The fourth-order valence-electron chi connectivity index (χ4n) is 1.92. The number of ketones is 1. The molecule has 1 aliphatic carbocycles. The Morgan fingerprint density at radius 1 is 1.20 bits per heavy atom. The van der Waals surface area contributed by atoms with Crippen molar-refractivity contribution in [3.63, 3.8) is 0 Å². The van der Waals surface area contributed by atoms with E-state index in [2.05, 4.69) is 10.3 Å². The first-order valence-electron chi connectivity index (χ1n) is 4.84. The fraction of sp³-hybridized carbons (Fsp3) is 0.444. The molecule has 2 aliphatic rings. The van der Waals surface area contributed by atoms with Crippen LogP contribution in [0.25, 0.3) is 0 Å². The van der Waals surface area contributed by atoms with Gasteiger partial charge >= 0.3 is 5.69 Å². The second-order valence-corrected chi connectivity index (χ2v) is 3.86. The monoisotopic (exact) mass is 207 g/mol. The number of hydrogen-bond acceptors (Lipinski definition) is 4. The number of carbonyl (C=O) groups excluding carboxylic acids is 1. The molecule has 0 unspecified atom stereocenters. The van der Waals surface area contributed by atoms with E-state index in [4.69, 9.17) is 0 Å². The van der Waals surface area contributed by atoms with Crippen molar-refractivity contribution in [2.24, 2.45) is 0 Å². The number of nitrogens with one attached hydrogen (secondary N) is 2. The van der Waals surface area contributed by atoms with Crippen LogP contribution in [-0.2, 0) is 0 Å². The zero-order chi connectivity index (χ0) is 10.6. The van der Waals surface area contributed by atoms with E-state index in [1.807, 2.05) is 0 Å². The summed E-state index contributed by atoms with van der Waals surface area (Å²) in [5.41, 5.74) is -0.910. The van der Waals surface area contributed by atoms with Gasteiger partial charge in [-0.3, -0.25) is 19.1 Å². The Balaban J connectivity index is 2.37. The number of fused-ring (bicyclic) bond motifs is 1. The average Bonchev–Trinajstić information content (AvgIpc) is 2.91. The highest BCUT2D eigenvalue weighted by molar-refractivity contribution is 6.06. The van der Waals surface area contributed by atoms with E-state index < -0.39 is 11.2 Å². The lowest BCUT2D eigenvalue weighted by Gasteiger charge is -2.08. The van der Waals surface area contributed by atoms with Crippen LogP contribution in [0.4, 0.5) is 5.82 Å². The van der Waals surface area contributed by atoms with Gasteiger partial charge in [-0.15, -0.1) is 0 Å². The van der Waals surface area contributed by atoms with Crippen LogP contribution in [-0.4, -0.2) is 21.9 Å². The third-order valence-electron chi connectivity index (χ3n) is 2.75. The van der Waals surface area contributed by atoms with Crippen LogP contribution in [0.1, 0.15) is 29.2 Å². The molecule has 1 aromatic heterocycles. The van der Waals surface area contributed by atoms with Gasteiger partial charge in [0, 0.05) is 6.04 Å². The first-order valence-corrected chi connectivity index (χ1v) is 4.84. The number of nitrogens with zero attached hydrogens (tertiary/aromatic N) is 1. The van der Waals surface area contributed by atoms with E-state index in [1.165, 1.54) is 4.57 Å². The van der Waals surface area contributed by atoms with Crippen LogP contribution in [0.2, 0.25) is 0 Å². The van der Waals surface area contributed by atoms with Crippen LogP contribution in [0, 0.1) is 0 Å². The highest BCUT2D eigenvalue weighted by Gasteiger charge is 2.33. The topological polar surface area (TPSA) is 84.0 Å². The standard InChI is InChI=1S/C9H9N3O3/c13-5-3-10-7-6(5)8(14)11-9(15)12(7)4-1-2-4/h4,10H,1-3H2,(H,11,14,15). The largest absolute Gasteiger partial charge is 0.363 e. The first kappa shape index (κ1) is 8.46. The van der Waals surface area contributed by atoms with Crippen molar-refractivity contribution in [2.45, 2.75) is 18.9 Å². The molecule has 1 saturated carbocycles. The molecule has 1 aromatic rings. The van der Waals surface area contributed by atoms with E-state index in [9.17, 15) is 14.4 Å². The molecule has 2 heterocycles. The van der Waals surface area contributed by atoms with Gasteiger partial charge in [0.2, 0.25) is 0 Å². The summed E-state index contributed by atoms with van der Waals surface area (Å²) < 4.78 is 1.49. The Morgan fingerprint density at radius 3 is 2.60 bits per heavy atom. The van der Waals surface area contributed by atoms with Crippen molar-refractivity contribution in [2.75, 3.05) is 11.9 Å². The molecule has 2 N–H and O–H groups in total. The molecule has 1 fully saturated rings. The molecule has 78 valence electrons. The number of H-pyrrole nitrogens is 1. The van der Waals surface area contributed by atoms with Crippen molar-refractivity contribution in [3.05, 3.63) is 26.4 Å². The lowest BCUT2D eigenvalue weighted by Crippen LogP contribution is -2.32. The molecule has 6 heteroatoms. The van der Waals surface area contributed by atoms with E-state index >= 15 is 0 Å². The Hall–Kier alpha value is -1.85. The number of Topliss-reactive ketones (excluding diaryl/α,β-unsaturated/α-hetero) is 1. The summed E-state index contributed by atoms with van der Waals surface area (Å²) in [5, 5.41) is 2.81. The van der Waals surface area contributed by atoms with Gasteiger partial charge in [0.25, 0.3) is 5.56 Å². The summed E-state index contributed by atoms with van der Waals surface area (Å²) in [6, 6.07) is 0.140. The summed E-state index contributed by atoms with van der Waals surface area (Å²) in [5.74, 6) is 0.150. The van der Waals surface area contributed by atoms with Gasteiger partial charge in [0.05, 0.1) is 6.54 Å². The zero-order valence-corrected chi connectivity index (χ0v) is 7.87. The Labute approximate surface area is 83.9 Å². The average molecular weight is 207 g/mol. The van der Waals surface area contributed by atoms with Crippen molar-refractivity contribution in [1.29, 1.82) is 0 Å². The van der Waals surface area contributed by atoms with Crippen molar-refractivity contribution in [1.82, 2.24) is 9.55 Å². The number of carbonyl (C=O) groups is 1. The maximum Gasteiger partial charge on any atom is 0.330 e. The summed E-state index contributed by atoms with van der Waals surface area (Å²) in [6.45, 7) is 0.106. The molecule has 15 heavy (non-hydrogen) atoms. The van der Waals surface area contributed by atoms with Gasteiger partial charge in [0.15, 0.2) is 5.78 Å². The number of anilines is 1. The molecule has 0 amide bonds.